The van der Waals surface area contributed by atoms with Crippen molar-refractivity contribution in [2.24, 2.45) is 17.3 Å². The van der Waals surface area contributed by atoms with Crippen LogP contribution in [0.15, 0.2) is 0 Å². The molecule has 1 spiro atoms. The Morgan fingerprint density at radius 3 is 2.00 bits per heavy atom. The number of H-pyrrole nitrogens is 1. The van der Waals surface area contributed by atoms with Crippen LogP contribution in [0.1, 0.15) is 86.9 Å². The van der Waals surface area contributed by atoms with Gasteiger partial charge >= 0.3 is 0 Å². The van der Waals surface area contributed by atoms with Gasteiger partial charge in [0.2, 0.25) is 0 Å². The van der Waals surface area contributed by atoms with Gasteiger partial charge in [0.15, 0.2) is 5.82 Å². The lowest BCUT2D eigenvalue weighted by molar-refractivity contribution is -0.0328. The third kappa shape index (κ3) is 6.50. The van der Waals surface area contributed by atoms with Crippen molar-refractivity contribution >= 4 is 0 Å². The number of hydrogen-bond acceptors (Lipinski definition) is 4. The zero-order valence-electron chi connectivity index (χ0n) is 17.4. The first kappa shape index (κ1) is 23.0. The van der Waals surface area contributed by atoms with E-state index in [-0.39, 0.29) is 0 Å². The predicted molar refractivity (Wildman–Crippen MR) is 103 cm³/mol. The quantitative estimate of drug-likeness (QED) is 0.848. The molecule has 142 valence electrons. The lowest BCUT2D eigenvalue weighted by Gasteiger charge is -2.53. The number of nitrogens with zero attached hydrogens (tertiary/aromatic N) is 4. The molecule has 0 atom stereocenters. The standard InChI is InChI=1S/C13H23N5.3C2H6/c1-10(2)11-7-13(8-11)3-5-18(6-4-13)9-12-14-16-17-15-12;3*1-2/h10-11H,3-9H2,1-2H3,(H,14,15,16,17);3*1-2H3. The van der Waals surface area contributed by atoms with E-state index in [0.717, 1.165) is 24.2 Å². The molecule has 1 aromatic heterocycles. The Hall–Kier alpha value is -0.970. The largest absolute Gasteiger partial charge is 0.296 e. The number of likely N-dealkylation sites (tertiary alicyclic amines) is 1. The van der Waals surface area contributed by atoms with Crippen LogP contribution in [-0.2, 0) is 6.54 Å². The summed E-state index contributed by atoms with van der Waals surface area (Å²) in [5.74, 6) is 2.67. The van der Waals surface area contributed by atoms with Gasteiger partial charge in [0, 0.05) is 0 Å². The fourth-order valence-corrected chi connectivity index (χ4v) is 3.57. The van der Waals surface area contributed by atoms with Gasteiger partial charge in [0.05, 0.1) is 6.54 Å². The highest BCUT2D eigenvalue weighted by Gasteiger charge is 2.46. The molecule has 5 nitrogen and oxygen atoms in total. The van der Waals surface area contributed by atoms with Gasteiger partial charge in [0.25, 0.3) is 0 Å². The second-order valence-corrected chi connectivity index (χ2v) is 6.52. The average molecular weight is 340 g/mol. The van der Waals surface area contributed by atoms with Crippen molar-refractivity contribution < 1.29 is 0 Å². The second-order valence-electron chi connectivity index (χ2n) is 6.52. The molecular formula is C19H41N5. The third-order valence-corrected chi connectivity index (χ3v) is 5.00. The average Bonchev–Trinajstić information content (AvgIpc) is 3.12. The van der Waals surface area contributed by atoms with Gasteiger partial charge in [-0.25, -0.2) is 0 Å². The Bertz CT molecular complexity index is 372. The maximum atomic E-state index is 4.03. The van der Waals surface area contributed by atoms with Crippen molar-refractivity contribution in [3.8, 4) is 0 Å². The van der Waals surface area contributed by atoms with Crippen LogP contribution in [0.2, 0.25) is 0 Å². The van der Waals surface area contributed by atoms with Gasteiger partial charge in [0.1, 0.15) is 0 Å². The first-order valence-corrected chi connectivity index (χ1v) is 10.1. The summed E-state index contributed by atoms with van der Waals surface area (Å²) in [4.78, 5) is 2.46. The summed E-state index contributed by atoms with van der Waals surface area (Å²) in [5, 5.41) is 14.2. The normalized spacial score (nSPS) is 19.2. The van der Waals surface area contributed by atoms with E-state index in [1.165, 1.54) is 38.8 Å². The van der Waals surface area contributed by atoms with Crippen molar-refractivity contribution in [2.45, 2.75) is 87.6 Å². The zero-order valence-corrected chi connectivity index (χ0v) is 17.4. The second kappa shape index (κ2) is 12.4. The lowest BCUT2D eigenvalue weighted by Crippen LogP contribution is -2.48. The molecule has 1 aromatic rings. The highest BCUT2D eigenvalue weighted by molar-refractivity contribution is 4.98. The fraction of sp³-hybridized carbons (Fsp3) is 0.947. The molecule has 0 amide bonds. The summed E-state index contributed by atoms with van der Waals surface area (Å²) < 4.78 is 0. The van der Waals surface area contributed by atoms with Crippen LogP contribution in [-0.4, -0.2) is 38.6 Å². The van der Waals surface area contributed by atoms with E-state index < -0.39 is 0 Å². The first-order valence-electron chi connectivity index (χ1n) is 10.1. The molecule has 1 N–H and O–H groups in total. The van der Waals surface area contributed by atoms with Crippen molar-refractivity contribution in [2.75, 3.05) is 13.1 Å². The van der Waals surface area contributed by atoms with Crippen LogP contribution in [0, 0.1) is 17.3 Å². The Morgan fingerprint density at radius 2 is 1.58 bits per heavy atom. The molecule has 0 radical (unpaired) electrons. The summed E-state index contributed by atoms with van der Waals surface area (Å²) in [7, 11) is 0. The van der Waals surface area contributed by atoms with E-state index >= 15 is 0 Å². The van der Waals surface area contributed by atoms with Crippen LogP contribution in [0.25, 0.3) is 0 Å². The van der Waals surface area contributed by atoms with Gasteiger partial charge in [-0.1, -0.05) is 60.6 Å². The molecule has 3 rings (SSSR count). The number of hydrogen-bond donors (Lipinski definition) is 1. The van der Waals surface area contributed by atoms with Crippen molar-refractivity contribution in [1.29, 1.82) is 0 Å². The van der Waals surface area contributed by atoms with Crippen LogP contribution in [0.4, 0.5) is 0 Å². The van der Waals surface area contributed by atoms with Crippen LogP contribution in [0.5, 0.6) is 0 Å². The molecule has 5 heteroatoms. The molecule has 2 heterocycles. The minimum atomic E-state index is 0.683. The number of piperidine rings is 1. The summed E-state index contributed by atoms with van der Waals surface area (Å²) in [6, 6.07) is 0. The Labute approximate surface area is 150 Å². The van der Waals surface area contributed by atoms with Crippen molar-refractivity contribution in [1.82, 2.24) is 25.5 Å². The Kier molecular flexibility index (Phi) is 11.9. The number of aromatic amines is 1. The summed E-state index contributed by atoms with van der Waals surface area (Å²) >= 11 is 0. The molecule has 0 bridgehead atoms. The molecule has 2 aliphatic rings. The summed E-state index contributed by atoms with van der Waals surface area (Å²) in [6.07, 6.45) is 5.63. The van der Waals surface area contributed by atoms with E-state index in [9.17, 15) is 0 Å². The van der Waals surface area contributed by atoms with Gasteiger partial charge in [-0.05, 0) is 56.0 Å². The van der Waals surface area contributed by atoms with Crippen LogP contribution >= 0.6 is 0 Å². The highest BCUT2D eigenvalue weighted by atomic mass is 15.5. The van der Waals surface area contributed by atoms with Gasteiger partial charge in [-0.3, -0.25) is 4.90 Å². The Balaban J connectivity index is 0.000000798. The summed E-state index contributed by atoms with van der Waals surface area (Å²) in [5.41, 5.74) is 0.683. The first-order chi connectivity index (χ1) is 11.7. The van der Waals surface area contributed by atoms with Crippen LogP contribution in [0.3, 0.4) is 0 Å². The maximum absolute atomic E-state index is 4.03. The maximum Gasteiger partial charge on any atom is 0.188 e. The molecule has 0 unspecified atom stereocenters. The highest BCUT2D eigenvalue weighted by Crippen LogP contribution is 2.54. The SMILES string of the molecule is CC.CC.CC.CC(C)C1CC2(CCN(Cc3nn[nH]n3)CC2)C1. The molecule has 1 aliphatic heterocycles. The van der Waals surface area contributed by atoms with E-state index in [0.29, 0.717) is 5.41 Å². The lowest BCUT2D eigenvalue weighted by atomic mass is 9.55. The van der Waals surface area contributed by atoms with Crippen molar-refractivity contribution in [3.05, 3.63) is 5.82 Å². The van der Waals surface area contributed by atoms with Gasteiger partial charge in [-0.15, -0.1) is 10.2 Å². The molecule has 1 aliphatic carbocycles. The van der Waals surface area contributed by atoms with Crippen LogP contribution < -0.4 is 0 Å². The number of aromatic nitrogens is 4. The smallest absolute Gasteiger partial charge is 0.188 e. The molecular weight excluding hydrogens is 298 g/mol. The number of tetrazole rings is 1. The zero-order chi connectivity index (χ0) is 18.6. The van der Waals surface area contributed by atoms with Gasteiger partial charge in [-0.2, -0.15) is 5.21 Å². The predicted octanol–water partition coefficient (Wildman–Crippen LogP) is 4.93. The van der Waals surface area contributed by atoms with Gasteiger partial charge < -0.3 is 0 Å². The van der Waals surface area contributed by atoms with E-state index in [2.05, 4.69) is 39.4 Å². The molecule has 2 fully saturated rings. The number of rotatable bonds is 3. The van der Waals surface area contributed by atoms with E-state index in [4.69, 9.17) is 0 Å². The van der Waals surface area contributed by atoms with E-state index in [1.807, 2.05) is 41.5 Å². The molecule has 24 heavy (non-hydrogen) atoms. The third-order valence-electron chi connectivity index (χ3n) is 5.00. The summed E-state index contributed by atoms with van der Waals surface area (Å²) in [6.45, 7) is 20.0. The topological polar surface area (TPSA) is 57.7 Å². The Morgan fingerprint density at radius 1 is 1.04 bits per heavy atom. The number of nitrogens with one attached hydrogen (secondary N) is 1. The van der Waals surface area contributed by atoms with Crippen molar-refractivity contribution in [3.63, 3.8) is 0 Å². The minimum absolute atomic E-state index is 0.683. The monoisotopic (exact) mass is 339 g/mol. The fourth-order valence-electron chi connectivity index (χ4n) is 3.57. The minimum Gasteiger partial charge on any atom is -0.296 e. The molecule has 1 saturated heterocycles. The molecule has 0 aromatic carbocycles. The molecule has 1 saturated carbocycles. The van der Waals surface area contributed by atoms with E-state index in [1.54, 1.807) is 0 Å².